The predicted octanol–water partition coefficient (Wildman–Crippen LogP) is 2.13. The highest BCUT2D eigenvalue weighted by Crippen LogP contribution is 2.19. The lowest BCUT2D eigenvalue weighted by atomic mass is 10.2. The molecular formula is C21H36N4O3. The maximum atomic E-state index is 5.94. The van der Waals surface area contributed by atoms with Crippen LogP contribution in [-0.4, -0.2) is 76.6 Å². The highest BCUT2D eigenvalue weighted by molar-refractivity contribution is 5.79. The summed E-state index contributed by atoms with van der Waals surface area (Å²) in [7, 11) is 1.65. The molecule has 28 heavy (non-hydrogen) atoms. The maximum absolute atomic E-state index is 5.94. The molecule has 7 heteroatoms. The van der Waals surface area contributed by atoms with Crippen LogP contribution in [0.25, 0.3) is 0 Å². The van der Waals surface area contributed by atoms with Crippen LogP contribution in [0.15, 0.2) is 29.3 Å². The minimum atomic E-state index is -0.0242. The molecule has 1 fully saturated rings. The lowest BCUT2D eigenvalue weighted by molar-refractivity contribution is 0.0372. The summed E-state index contributed by atoms with van der Waals surface area (Å²) in [6, 6.07) is 7.65. The van der Waals surface area contributed by atoms with Gasteiger partial charge in [-0.1, -0.05) is 6.07 Å². The monoisotopic (exact) mass is 392 g/mol. The molecule has 1 aliphatic heterocycles. The normalized spacial score (nSPS) is 16.5. The summed E-state index contributed by atoms with van der Waals surface area (Å²) in [4.78, 5) is 7.12. The van der Waals surface area contributed by atoms with Crippen molar-refractivity contribution in [3.8, 4) is 11.5 Å². The smallest absolute Gasteiger partial charge is 0.191 e. The number of methoxy groups -OCH3 is 1. The average Bonchev–Trinajstić information content (AvgIpc) is 2.72. The molecule has 0 aromatic heterocycles. The van der Waals surface area contributed by atoms with Crippen molar-refractivity contribution in [2.45, 2.75) is 32.8 Å². The van der Waals surface area contributed by atoms with Gasteiger partial charge in [0.2, 0.25) is 0 Å². The van der Waals surface area contributed by atoms with Gasteiger partial charge in [0.05, 0.1) is 26.9 Å². The van der Waals surface area contributed by atoms with Crippen LogP contribution >= 0.6 is 0 Å². The Balaban J connectivity index is 1.68. The van der Waals surface area contributed by atoms with Crippen LogP contribution in [0.5, 0.6) is 11.5 Å². The van der Waals surface area contributed by atoms with Gasteiger partial charge in [0.1, 0.15) is 17.6 Å². The molecule has 2 rings (SSSR count). The second-order valence-corrected chi connectivity index (χ2v) is 6.91. The number of benzene rings is 1. The maximum Gasteiger partial charge on any atom is 0.191 e. The van der Waals surface area contributed by atoms with E-state index in [1.807, 2.05) is 31.2 Å². The first-order valence-corrected chi connectivity index (χ1v) is 10.3. The Morgan fingerprint density at radius 2 is 2.00 bits per heavy atom. The predicted molar refractivity (Wildman–Crippen MR) is 114 cm³/mol. The molecule has 1 saturated heterocycles. The second-order valence-electron chi connectivity index (χ2n) is 6.91. The Hall–Kier alpha value is -1.99. The molecule has 1 aromatic carbocycles. The summed E-state index contributed by atoms with van der Waals surface area (Å²) in [5, 5.41) is 6.71. The number of aliphatic imine (C=N–C) groups is 1. The summed E-state index contributed by atoms with van der Waals surface area (Å²) in [6.45, 7) is 11.4. The number of rotatable bonds is 11. The number of hydrogen-bond acceptors (Lipinski definition) is 5. The molecule has 1 atom stereocenters. The fourth-order valence-corrected chi connectivity index (χ4v) is 3.00. The topological polar surface area (TPSA) is 67.4 Å². The Morgan fingerprint density at radius 3 is 2.75 bits per heavy atom. The van der Waals surface area contributed by atoms with Gasteiger partial charge in [-0.3, -0.25) is 4.90 Å². The van der Waals surface area contributed by atoms with Gasteiger partial charge in [-0.25, -0.2) is 4.99 Å². The zero-order valence-electron chi connectivity index (χ0n) is 17.6. The molecule has 1 aromatic rings. The van der Waals surface area contributed by atoms with Crippen LogP contribution in [0, 0.1) is 0 Å². The van der Waals surface area contributed by atoms with E-state index in [0.717, 1.165) is 69.8 Å². The molecular weight excluding hydrogens is 356 g/mol. The van der Waals surface area contributed by atoms with Gasteiger partial charge in [-0.05, 0) is 45.4 Å². The number of unbranched alkanes of at least 4 members (excludes halogenated alkanes) is 1. The number of morpholine rings is 1. The fourth-order valence-electron chi connectivity index (χ4n) is 3.00. The van der Waals surface area contributed by atoms with Crippen molar-refractivity contribution in [3.63, 3.8) is 0 Å². The largest absolute Gasteiger partial charge is 0.497 e. The van der Waals surface area contributed by atoms with Gasteiger partial charge in [-0.15, -0.1) is 0 Å². The van der Waals surface area contributed by atoms with Crippen LogP contribution in [0.2, 0.25) is 0 Å². The lowest BCUT2D eigenvalue weighted by Gasteiger charge is -2.26. The molecule has 0 radical (unpaired) electrons. The Kier molecular flexibility index (Phi) is 10.5. The van der Waals surface area contributed by atoms with Crippen molar-refractivity contribution in [2.75, 3.05) is 59.6 Å². The minimum Gasteiger partial charge on any atom is -0.497 e. The first-order valence-electron chi connectivity index (χ1n) is 10.3. The summed E-state index contributed by atoms with van der Waals surface area (Å²) in [6.07, 6.45) is 2.28. The van der Waals surface area contributed by atoms with E-state index < -0.39 is 0 Å². The van der Waals surface area contributed by atoms with E-state index in [1.165, 1.54) is 6.42 Å². The van der Waals surface area contributed by atoms with Gasteiger partial charge >= 0.3 is 0 Å². The first kappa shape index (κ1) is 22.3. The van der Waals surface area contributed by atoms with Crippen molar-refractivity contribution >= 4 is 5.96 Å². The summed E-state index contributed by atoms with van der Waals surface area (Å²) >= 11 is 0. The van der Waals surface area contributed by atoms with Gasteiger partial charge in [0.25, 0.3) is 0 Å². The van der Waals surface area contributed by atoms with Crippen LogP contribution in [0.4, 0.5) is 0 Å². The molecule has 0 aliphatic carbocycles. The zero-order valence-corrected chi connectivity index (χ0v) is 17.6. The van der Waals surface area contributed by atoms with E-state index in [1.54, 1.807) is 7.11 Å². The molecule has 1 heterocycles. The second kappa shape index (κ2) is 13.2. The summed E-state index contributed by atoms with van der Waals surface area (Å²) in [5.41, 5.74) is 0. The number of guanidine groups is 1. The molecule has 0 spiro atoms. The van der Waals surface area contributed by atoms with E-state index in [4.69, 9.17) is 14.2 Å². The molecule has 2 N–H and O–H groups in total. The number of nitrogens with zero attached hydrogens (tertiary/aromatic N) is 2. The number of nitrogens with one attached hydrogen (secondary N) is 2. The van der Waals surface area contributed by atoms with Crippen molar-refractivity contribution in [3.05, 3.63) is 24.3 Å². The van der Waals surface area contributed by atoms with Crippen molar-refractivity contribution in [2.24, 2.45) is 4.99 Å². The van der Waals surface area contributed by atoms with Crippen LogP contribution in [0.1, 0.15) is 26.7 Å². The van der Waals surface area contributed by atoms with Gasteiger partial charge in [0.15, 0.2) is 5.96 Å². The Labute approximate surface area is 169 Å². The number of hydrogen-bond donors (Lipinski definition) is 2. The minimum absolute atomic E-state index is 0.0242. The fraction of sp³-hybridized carbons (Fsp3) is 0.667. The third-order valence-corrected chi connectivity index (χ3v) is 4.53. The SMILES string of the molecule is CCNC(=NCC(C)Oc1cccc(OC)c1)NCCCCN1CCOCC1. The Bertz CT molecular complexity index is 577. The molecule has 158 valence electrons. The van der Waals surface area contributed by atoms with E-state index in [2.05, 4.69) is 27.4 Å². The quantitative estimate of drug-likeness (QED) is 0.342. The van der Waals surface area contributed by atoms with Crippen molar-refractivity contribution < 1.29 is 14.2 Å². The zero-order chi connectivity index (χ0) is 20.0. The summed E-state index contributed by atoms with van der Waals surface area (Å²) in [5.74, 6) is 2.43. The van der Waals surface area contributed by atoms with Crippen molar-refractivity contribution in [1.82, 2.24) is 15.5 Å². The van der Waals surface area contributed by atoms with Gasteiger partial charge in [-0.2, -0.15) is 0 Å². The average molecular weight is 393 g/mol. The molecule has 0 saturated carbocycles. The molecule has 1 aliphatic rings. The Morgan fingerprint density at radius 1 is 1.21 bits per heavy atom. The summed E-state index contributed by atoms with van der Waals surface area (Å²) < 4.78 is 16.6. The standard InChI is InChI=1S/C21H36N4O3/c1-4-22-21(23-10-5-6-11-25-12-14-27-15-13-25)24-17-18(2)28-20-9-7-8-19(16-20)26-3/h7-9,16,18H,4-6,10-15,17H2,1-3H3,(H2,22,23,24). The molecule has 0 amide bonds. The van der Waals surface area contributed by atoms with E-state index in [-0.39, 0.29) is 6.10 Å². The van der Waals surface area contributed by atoms with Gasteiger partial charge in [0, 0.05) is 32.2 Å². The van der Waals surface area contributed by atoms with E-state index in [9.17, 15) is 0 Å². The highest BCUT2D eigenvalue weighted by Gasteiger charge is 2.09. The van der Waals surface area contributed by atoms with E-state index in [0.29, 0.717) is 6.54 Å². The lowest BCUT2D eigenvalue weighted by Crippen LogP contribution is -2.39. The molecule has 7 nitrogen and oxygen atoms in total. The first-order chi connectivity index (χ1) is 13.7. The molecule has 1 unspecified atom stereocenters. The molecule has 0 bridgehead atoms. The third-order valence-electron chi connectivity index (χ3n) is 4.53. The highest BCUT2D eigenvalue weighted by atomic mass is 16.5. The van der Waals surface area contributed by atoms with Crippen molar-refractivity contribution in [1.29, 1.82) is 0 Å². The third kappa shape index (κ3) is 8.80. The number of ether oxygens (including phenoxy) is 3. The van der Waals surface area contributed by atoms with E-state index >= 15 is 0 Å². The van der Waals surface area contributed by atoms with Crippen LogP contribution in [0.3, 0.4) is 0 Å². The van der Waals surface area contributed by atoms with Gasteiger partial charge < -0.3 is 24.8 Å². The van der Waals surface area contributed by atoms with Crippen LogP contribution in [-0.2, 0) is 4.74 Å². The van der Waals surface area contributed by atoms with Crippen LogP contribution < -0.4 is 20.1 Å².